The second kappa shape index (κ2) is 5.09. The third kappa shape index (κ3) is 2.91. The van der Waals surface area contributed by atoms with Gasteiger partial charge in [0.25, 0.3) is 5.91 Å². The highest BCUT2D eigenvalue weighted by atomic mass is 16.5. The second-order valence-electron chi connectivity index (χ2n) is 4.16. The van der Waals surface area contributed by atoms with Gasteiger partial charge in [-0.1, -0.05) is 0 Å². The smallest absolute Gasteiger partial charge is 0.253 e. The minimum absolute atomic E-state index is 0.122. The molecule has 0 bridgehead atoms. The Balaban J connectivity index is 1.96. The van der Waals surface area contributed by atoms with Gasteiger partial charge in [0.1, 0.15) is 6.10 Å². The summed E-state index contributed by atoms with van der Waals surface area (Å²) in [6, 6.07) is 0. The summed E-state index contributed by atoms with van der Waals surface area (Å²) in [5.41, 5.74) is 0.594. The van der Waals surface area contributed by atoms with Gasteiger partial charge in [-0.25, -0.2) is 9.97 Å². The van der Waals surface area contributed by atoms with Crippen molar-refractivity contribution in [1.29, 1.82) is 0 Å². The molecular formula is C11H16N4O2. The zero-order valence-corrected chi connectivity index (χ0v) is 10.0. The molecule has 1 aromatic rings. The van der Waals surface area contributed by atoms with Crippen molar-refractivity contribution in [2.24, 2.45) is 0 Å². The third-order valence-electron chi connectivity index (χ3n) is 2.53. The predicted molar refractivity (Wildman–Crippen MR) is 64.0 cm³/mol. The Morgan fingerprint density at radius 3 is 2.71 bits per heavy atom. The number of anilines is 2. The van der Waals surface area contributed by atoms with Gasteiger partial charge in [0, 0.05) is 20.7 Å². The molecule has 1 fully saturated rings. The van der Waals surface area contributed by atoms with Crippen molar-refractivity contribution in [2.45, 2.75) is 18.9 Å². The molecule has 0 aromatic carbocycles. The number of hydrogen-bond donors (Lipinski definition) is 1. The van der Waals surface area contributed by atoms with E-state index in [1.165, 1.54) is 0 Å². The molecule has 92 valence electrons. The maximum absolute atomic E-state index is 11.7. The van der Waals surface area contributed by atoms with E-state index in [9.17, 15) is 4.79 Å². The Labute approximate surface area is 100 Å². The van der Waals surface area contributed by atoms with Crippen molar-refractivity contribution in [2.75, 3.05) is 30.9 Å². The molecule has 1 aromatic heterocycles. The van der Waals surface area contributed by atoms with Crippen LogP contribution in [0.15, 0.2) is 12.4 Å². The Kier molecular flexibility index (Phi) is 3.53. The molecule has 0 saturated carbocycles. The fourth-order valence-electron chi connectivity index (χ4n) is 1.62. The van der Waals surface area contributed by atoms with Crippen LogP contribution in [0.3, 0.4) is 0 Å². The maximum atomic E-state index is 11.7. The monoisotopic (exact) mass is 236 g/mol. The van der Waals surface area contributed by atoms with Gasteiger partial charge in [-0.05, 0) is 12.8 Å². The first-order chi connectivity index (χ1) is 8.16. The van der Waals surface area contributed by atoms with Crippen molar-refractivity contribution < 1.29 is 9.53 Å². The van der Waals surface area contributed by atoms with Crippen LogP contribution in [0.4, 0.5) is 11.6 Å². The van der Waals surface area contributed by atoms with Gasteiger partial charge in [0.15, 0.2) is 0 Å². The van der Waals surface area contributed by atoms with E-state index in [4.69, 9.17) is 4.74 Å². The Bertz CT molecular complexity index is 385. The summed E-state index contributed by atoms with van der Waals surface area (Å²) in [6.07, 6.45) is 4.57. The van der Waals surface area contributed by atoms with Crippen molar-refractivity contribution in [3.05, 3.63) is 12.4 Å². The normalized spacial score (nSPS) is 19.1. The number of hydrogen-bond acceptors (Lipinski definition) is 5. The lowest BCUT2D eigenvalue weighted by Crippen LogP contribution is -2.27. The van der Waals surface area contributed by atoms with Crippen molar-refractivity contribution in [3.63, 3.8) is 0 Å². The summed E-state index contributed by atoms with van der Waals surface area (Å²) < 4.78 is 5.29. The number of ether oxygens (including phenoxy) is 1. The summed E-state index contributed by atoms with van der Waals surface area (Å²) in [6.45, 7) is 0.661. The van der Waals surface area contributed by atoms with Crippen LogP contribution < -0.4 is 10.2 Å². The Morgan fingerprint density at radius 2 is 2.18 bits per heavy atom. The molecule has 6 nitrogen and oxygen atoms in total. The van der Waals surface area contributed by atoms with E-state index in [1.54, 1.807) is 17.3 Å². The lowest BCUT2D eigenvalue weighted by Gasteiger charge is -2.12. The molecule has 2 rings (SSSR count). The lowest BCUT2D eigenvalue weighted by molar-refractivity contribution is -0.124. The zero-order chi connectivity index (χ0) is 12.3. The largest absolute Gasteiger partial charge is 0.368 e. The van der Waals surface area contributed by atoms with Crippen LogP contribution in [0.1, 0.15) is 12.8 Å². The van der Waals surface area contributed by atoms with Gasteiger partial charge < -0.3 is 15.0 Å². The number of carbonyl (C=O) groups excluding carboxylic acids is 1. The first kappa shape index (κ1) is 11.8. The first-order valence-electron chi connectivity index (χ1n) is 5.58. The summed E-state index contributed by atoms with van der Waals surface area (Å²) in [4.78, 5) is 21.8. The minimum Gasteiger partial charge on any atom is -0.368 e. The highest BCUT2D eigenvalue weighted by Gasteiger charge is 2.23. The lowest BCUT2D eigenvalue weighted by atomic mass is 10.2. The second-order valence-corrected chi connectivity index (χ2v) is 4.16. The van der Waals surface area contributed by atoms with Gasteiger partial charge in [-0.3, -0.25) is 4.79 Å². The van der Waals surface area contributed by atoms with Crippen LogP contribution in [-0.2, 0) is 9.53 Å². The molecule has 1 N–H and O–H groups in total. The SMILES string of the molecule is CN(C)c1ncc(NC(=O)[C@@H]2CCCO2)cn1. The van der Waals surface area contributed by atoms with E-state index in [2.05, 4.69) is 15.3 Å². The molecule has 0 aliphatic carbocycles. The quantitative estimate of drug-likeness (QED) is 0.835. The Morgan fingerprint density at radius 1 is 1.47 bits per heavy atom. The maximum Gasteiger partial charge on any atom is 0.253 e. The average molecular weight is 236 g/mol. The number of nitrogens with zero attached hydrogens (tertiary/aromatic N) is 3. The summed E-state index contributed by atoms with van der Waals surface area (Å²) in [5.74, 6) is 0.490. The first-order valence-corrected chi connectivity index (χ1v) is 5.58. The van der Waals surface area contributed by atoms with E-state index in [1.807, 2.05) is 14.1 Å². The van der Waals surface area contributed by atoms with Gasteiger partial charge in [0.2, 0.25) is 5.95 Å². The minimum atomic E-state index is -0.330. The molecule has 6 heteroatoms. The van der Waals surface area contributed by atoms with E-state index >= 15 is 0 Å². The van der Waals surface area contributed by atoms with E-state index in [0.29, 0.717) is 18.2 Å². The topological polar surface area (TPSA) is 67.4 Å². The van der Waals surface area contributed by atoms with E-state index in [-0.39, 0.29) is 12.0 Å². The van der Waals surface area contributed by atoms with Crippen LogP contribution in [0, 0.1) is 0 Å². The van der Waals surface area contributed by atoms with Crippen LogP contribution in [-0.4, -0.2) is 42.7 Å². The van der Waals surface area contributed by atoms with Gasteiger partial charge in [-0.2, -0.15) is 0 Å². The number of nitrogens with one attached hydrogen (secondary N) is 1. The number of amides is 1. The van der Waals surface area contributed by atoms with Crippen LogP contribution in [0.5, 0.6) is 0 Å². The Hall–Kier alpha value is -1.69. The number of carbonyl (C=O) groups is 1. The van der Waals surface area contributed by atoms with Crippen LogP contribution >= 0.6 is 0 Å². The van der Waals surface area contributed by atoms with Crippen molar-refractivity contribution >= 4 is 17.5 Å². The summed E-state index contributed by atoms with van der Waals surface area (Å²) >= 11 is 0. The number of rotatable bonds is 3. The van der Waals surface area contributed by atoms with Crippen molar-refractivity contribution in [3.8, 4) is 0 Å². The standard InChI is InChI=1S/C11H16N4O2/c1-15(2)11-12-6-8(7-13-11)14-10(16)9-4-3-5-17-9/h6-7,9H,3-5H2,1-2H3,(H,14,16)/t9-/m0/s1. The van der Waals surface area contributed by atoms with Crippen LogP contribution in [0.25, 0.3) is 0 Å². The summed E-state index contributed by atoms with van der Waals surface area (Å²) in [7, 11) is 3.72. The van der Waals surface area contributed by atoms with Gasteiger partial charge in [0.05, 0.1) is 18.1 Å². The molecule has 1 atom stereocenters. The van der Waals surface area contributed by atoms with E-state index in [0.717, 1.165) is 12.8 Å². The molecule has 1 amide bonds. The highest BCUT2D eigenvalue weighted by Crippen LogP contribution is 2.14. The molecule has 1 aliphatic heterocycles. The fraction of sp³-hybridized carbons (Fsp3) is 0.545. The molecule has 0 spiro atoms. The van der Waals surface area contributed by atoms with Gasteiger partial charge in [-0.15, -0.1) is 0 Å². The fourth-order valence-corrected chi connectivity index (χ4v) is 1.62. The molecule has 0 unspecified atom stereocenters. The van der Waals surface area contributed by atoms with Crippen molar-refractivity contribution in [1.82, 2.24) is 9.97 Å². The molecule has 1 saturated heterocycles. The zero-order valence-electron chi connectivity index (χ0n) is 10.0. The van der Waals surface area contributed by atoms with E-state index < -0.39 is 0 Å². The molecule has 2 heterocycles. The average Bonchev–Trinajstić information content (AvgIpc) is 2.83. The predicted octanol–water partition coefficient (Wildman–Crippen LogP) is 0.660. The molecule has 17 heavy (non-hydrogen) atoms. The third-order valence-corrected chi connectivity index (χ3v) is 2.53. The van der Waals surface area contributed by atoms with Gasteiger partial charge >= 0.3 is 0 Å². The highest BCUT2D eigenvalue weighted by molar-refractivity contribution is 5.94. The van der Waals surface area contributed by atoms with Crippen LogP contribution in [0.2, 0.25) is 0 Å². The molecule has 0 radical (unpaired) electrons. The number of aromatic nitrogens is 2. The summed E-state index contributed by atoms with van der Waals surface area (Å²) in [5, 5.41) is 2.74. The molecular weight excluding hydrogens is 220 g/mol. The molecule has 1 aliphatic rings.